The van der Waals surface area contributed by atoms with Crippen molar-refractivity contribution >= 4 is 11.8 Å². The lowest BCUT2D eigenvalue weighted by Gasteiger charge is -2.44. The van der Waals surface area contributed by atoms with E-state index >= 15 is 0 Å². The van der Waals surface area contributed by atoms with E-state index in [1.165, 1.54) is 7.11 Å². The second-order valence-electron chi connectivity index (χ2n) is 10.7. The zero-order valence-corrected chi connectivity index (χ0v) is 23.4. The van der Waals surface area contributed by atoms with Gasteiger partial charge in [-0.25, -0.2) is 0 Å². The molecule has 1 saturated heterocycles. The van der Waals surface area contributed by atoms with Gasteiger partial charge in [0.1, 0.15) is 18.3 Å². The summed E-state index contributed by atoms with van der Waals surface area (Å²) in [6.45, 7) is 7.54. The predicted octanol–water partition coefficient (Wildman–Crippen LogP) is 2.63. The Bertz CT molecular complexity index is 784. The summed E-state index contributed by atoms with van der Waals surface area (Å²) in [6, 6.07) is -0.180. The van der Waals surface area contributed by atoms with Crippen molar-refractivity contribution in [1.29, 1.82) is 0 Å². The van der Waals surface area contributed by atoms with Crippen LogP contribution in [0, 0.1) is 11.8 Å². The van der Waals surface area contributed by atoms with Crippen LogP contribution in [0.5, 0.6) is 0 Å². The van der Waals surface area contributed by atoms with Gasteiger partial charge in [0.05, 0.1) is 24.7 Å². The van der Waals surface area contributed by atoms with Gasteiger partial charge in [-0.3, -0.25) is 9.59 Å². The number of allylic oxidation sites excluding steroid dienone is 3. The van der Waals surface area contributed by atoms with Crippen molar-refractivity contribution in [3.8, 4) is 0 Å². The van der Waals surface area contributed by atoms with E-state index in [2.05, 4.69) is 0 Å². The van der Waals surface area contributed by atoms with Crippen molar-refractivity contribution in [2.45, 2.75) is 109 Å². The van der Waals surface area contributed by atoms with Crippen LogP contribution in [0.15, 0.2) is 24.3 Å². The largest absolute Gasteiger partial charge is 0.462 e. The molecule has 0 radical (unpaired) electrons. The average Bonchev–Trinajstić information content (AvgIpc) is 2.82. The number of hydrogen-bond acceptors (Lipinski definition) is 9. The molecule has 0 aromatic heterocycles. The van der Waals surface area contributed by atoms with Crippen LogP contribution in [0.1, 0.15) is 59.8 Å². The fourth-order valence-electron chi connectivity index (χ4n) is 5.15. The number of hydrogen-bond donors (Lipinski definition) is 2. The van der Waals surface area contributed by atoms with E-state index in [-0.39, 0.29) is 36.2 Å². The van der Waals surface area contributed by atoms with Crippen molar-refractivity contribution in [2.75, 3.05) is 21.2 Å². The SMILES string of the molecule is CCC1CC(C)C(=O)C=CC=CCC(C)OC(=O)CC(O)C(OC)C1OC1OC(C)CC(N(C)C)C1O. The minimum absolute atomic E-state index is 0.0156. The summed E-state index contributed by atoms with van der Waals surface area (Å²) in [5.41, 5.74) is 0. The Morgan fingerprint density at radius 2 is 1.76 bits per heavy atom. The molecule has 2 heterocycles. The van der Waals surface area contributed by atoms with E-state index in [4.69, 9.17) is 18.9 Å². The van der Waals surface area contributed by atoms with E-state index in [0.29, 0.717) is 25.7 Å². The van der Waals surface area contributed by atoms with E-state index in [1.807, 2.05) is 45.8 Å². The van der Waals surface area contributed by atoms with Gasteiger partial charge in [0.15, 0.2) is 12.1 Å². The first-order valence-corrected chi connectivity index (χ1v) is 13.4. The second-order valence-corrected chi connectivity index (χ2v) is 10.7. The number of esters is 1. The molecule has 10 unspecified atom stereocenters. The number of ether oxygens (including phenoxy) is 4. The minimum Gasteiger partial charge on any atom is -0.462 e. The Morgan fingerprint density at radius 1 is 1.05 bits per heavy atom. The second kappa shape index (κ2) is 15.1. The third-order valence-corrected chi connectivity index (χ3v) is 7.36. The number of rotatable bonds is 5. The summed E-state index contributed by atoms with van der Waals surface area (Å²) in [4.78, 5) is 27.3. The summed E-state index contributed by atoms with van der Waals surface area (Å²) in [5, 5.41) is 22.2. The first-order valence-electron chi connectivity index (χ1n) is 13.4. The normalized spacial score (nSPS) is 39.1. The van der Waals surface area contributed by atoms with Gasteiger partial charge in [0.2, 0.25) is 0 Å². The van der Waals surface area contributed by atoms with Gasteiger partial charge in [-0.2, -0.15) is 0 Å². The number of carbonyl (C=O) groups excluding carboxylic acids is 2. The maximum absolute atomic E-state index is 12.8. The predicted molar refractivity (Wildman–Crippen MR) is 140 cm³/mol. The number of carbonyl (C=O) groups is 2. The fourth-order valence-corrected chi connectivity index (χ4v) is 5.15. The highest BCUT2D eigenvalue weighted by Crippen LogP contribution is 2.32. The molecule has 9 nitrogen and oxygen atoms in total. The van der Waals surface area contributed by atoms with Gasteiger partial charge in [0, 0.05) is 25.5 Å². The van der Waals surface area contributed by atoms with Gasteiger partial charge in [-0.1, -0.05) is 38.5 Å². The first kappa shape index (κ1) is 31.6. The Hall–Kier alpha value is -1.62. The number of cyclic esters (lactones) is 1. The Balaban J connectivity index is 2.42. The van der Waals surface area contributed by atoms with Crippen LogP contribution < -0.4 is 0 Å². The molecule has 0 aromatic carbocycles. The lowest BCUT2D eigenvalue weighted by Crippen LogP contribution is -2.57. The van der Waals surface area contributed by atoms with Crippen LogP contribution in [-0.2, 0) is 28.5 Å². The first-order chi connectivity index (χ1) is 17.5. The monoisotopic (exact) mass is 525 g/mol. The van der Waals surface area contributed by atoms with Crippen LogP contribution >= 0.6 is 0 Å². The molecular formula is C28H47NO8. The third-order valence-electron chi connectivity index (χ3n) is 7.36. The molecule has 2 N–H and O–H groups in total. The van der Waals surface area contributed by atoms with Crippen LogP contribution in [0.3, 0.4) is 0 Å². The van der Waals surface area contributed by atoms with E-state index in [0.717, 1.165) is 0 Å². The molecule has 2 aliphatic heterocycles. The Labute approximate surface area is 221 Å². The van der Waals surface area contributed by atoms with Crippen LogP contribution in [0.4, 0.5) is 0 Å². The summed E-state index contributed by atoms with van der Waals surface area (Å²) in [7, 11) is 5.25. The third kappa shape index (κ3) is 9.26. The van der Waals surface area contributed by atoms with Crippen molar-refractivity contribution in [2.24, 2.45) is 11.8 Å². The zero-order chi connectivity index (χ0) is 27.7. The van der Waals surface area contributed by atoms with Gasteiger partial charge in [-0.15, -0.1) is 0 Å². The van der Waals surface area contributed by atoms with Crippen molar-refractivity contribution in [1.82, 2.24) is 4.90 Å². The maximum Gasteiger partial charge on any atom is 0.308 e. The average molecular weight is 526 g/mol. The molecular weight excluding hydrogens is 478 g/mol. The lowest BCUT2D eigenvalue weighted by atomic mass is 9.83. The van der Waals surface area contributed by atoms with Crippen LogP contribution in [0.2, 0.25) is 0 Å². The maximum atomic E-state index is 12.8. The summed E-state index contributed by atoms with van der Waals surface area (Å²) in [6.07, 6.45) is 3.45. The minimum atomic E-state index is -1.22. The van der Waals surface area contributed by atoms with E-state index in [1.54, 1.807) is 25.2 Å². The lowest BCUT2D eigenvalue weighted by molar-refractivity contribution is -0.290. The number of aliphatic hydroxyl groups is 2. The van der Waals surface area contributed by atoms with Gasteiger partial charge < -0.3 is 34.1 Å². The molecule has 1 fully saturated rings. The number of methoxy groups -OCH3 is 1. The highest BCUT2D eigenvalue weighted by Gasteiger charge is 2.44. The van der Waals surface area contributed by atoms with Crippen LogP contribution in [-0.4, -0.2) is 97.0 Å². The van der Waals surface area contributed by atoms with Crippen molar-refractivity contribution < 1.29 is 38.7 Å². The summed E-state index contributed by atoms with van der Waals surface area (Å²) < 4.78 is 23.6. The molecule has 10 atom stereocenters. The molecule has 0 bridgehead atoms. The fraction of sp³-hybridized carbons (Fsp3) is 0.786. The highest BCUT2D eigenvalue weighted by molar-refractivity contribution is 5.91. The number of nitrogens with zero attached hydrogens (tertiary/aromatic N) is 1. The summed E-state index contributed by atoms with van der Waals surface area (Å²) in [5.74, 6) is -1.09. The molecule has 37 heavy (non-hydrogen) atoms. The van der Waals surface area contributed by atoms with E-state index in [9.17, 15) is 19.8 Å². The summed E-state index contributed by atoms with van der Waals surface area (Å²) >= 11 is 0. The molecule has 2 rings (SSSR count). The molecule has 0 saturated carbocycles. The Kier molecular flexibility index (Phi) is 12.9. The quantitative estimate of drug-likeness (QED) is 0.523. The number of likely N-dealkylation sites (N-methyl/N-ethyl adjacent to an activating group) is 1. The Morgan fingerprint density at radius 3 is 2.38 bits per heavy atom. The highest BCUT2D eigenvalue weighted by atomic mass is 16.7. The standard InChI is InChI=1S/C28H47NO8/c1-8-20-14-17(2)22(30)13-11-9-10-12-18(3)35-24(32)16-23(31)27(34-7)26(20)37-28-25(33)21(29(5)6)15-19(4)36-28/h9-11,13,17-21,23,25-28,31,33H,8,12,14-16H2,1-7H3. The topological polar surface area (TPSA) is 115 Å². The number of ketones is 1. The van der Waals surface area contributed by atoms with Gasteiger partial charge >= 0.3 is 5.97 Å². The van der Waals surface area contributed by atoms with Crippen molar-refractivity contribution in [3.63, 3.8) is 0 Å². The molecule has 0 amide bonds. The zero-order valence-electron chi connectivity index (χ0n) is 23.4. The van der Waals surface area contributed by atoms with Gasteiger partial charge in [-0.05, 0) is 52.8 Å². The van der Waals surface area contributed by atoms with Crippen molar-refractivity contribution in [3.05, 3.63) is 24.3 Å². The molecule has 0 aliphatic carbocycles. The van der Waals surface area contributed by atoms with Gasteiger partial charge in [0.25, 0.3) is 0 Å². The molecule has 0 spiro atoms. The molecule has 9 heteroatoms. The molecule has 212 valence electrons. The molecule has 0 aromatic rings. The molecule has 2 aliphatic rings. The smallest absolute Gasteiger partial charge is 0.308 e. The van der Waals surface area contributed by atoms with E-state index < -0.39 is 42.8 Å². The number of aliphatic hydroxyl groups excluding tert-OH is 2. The van der Waals surface area contributed by atoms with Crippen LogP contribution in [0.25, 0.3) is 0 Å².